The Kier molecular flexibility index (Phi) is 6.27. The summed E-state index contributed by atoms with van der Waals surface area (Å²) < 4.78 is 5.96. The molecule has 1 aromatic carbocycles. The van der Waals surface area contributed by atoms with Gasteiger partial charge in [-0.05, 0) is 18.6 Å². The summed E-state index contributed by atoms with van der Waals surface area (Å²) in [4.78, 5) is 18.5. The standard InChI is InChI=1S/C18H20N2O2S4/c1-4-8-20-16(21)15(26-18(20)24)17-19(9-7-11(2)23)13-10-12(22-3)5-6-14(13)25-17/h4-6,10-11,23H,1,7-9H2,2-3H3/b17-15+. The number of carbonyl (C=O) groups excluding carboxylic acids is 1. The van der Waals surface area contributed by atoms with Crippen LogP contribution in [0.4, 0.5) is 5.69 Å². The van der Waals surface area contributed by atoms with Gasteiger partial charge in [0.15, 0.2) is 0 Å². The molecule has 1 atom stereocenters. The molecular weight excluding hydrogens is 404 g/mol. The number of nitrogens with zero attached hydrogens (tertiary/aromatic N) is 2. The van der Waals surface area contributed by atoms with Crippen LogP contribution in [0.2, 0.25) is 0 Å². The molecule has 1 saturated heterocycles. The molecule has 1 aromatic rings. The quantitative estimate of drug-likeness (QED) is 0.313. The lowest BCUT2D eigenvalue weighted by atomic mass is 10.2. The second-order valence-electron chi connectivity index (χ2n) is 5.93. The van der Waals surface area contributed by atoms with Crippen LogP contribution < -0.4 is 9.64 Å². The number of methoxy groups -OCH3 is 1. The van der Waals surface area contributed by atoms with E-state index in [0.29, 0.717) is 15.8 Å². The Hall–Kier alpha value is -1.09. The zero-order valence-electron chi connectivity index (χ0n) is 14.6. The third kappa shape index (κ3) is 3.78. The summed E-state index contributed by atoms with van der Waals surface area (Å²) in [7, 11) is 1.66. The number of fused-ring (bicyclic) bond motifs is 1. The third-order valence-electron chi connectivity index (χ3n) is 4.03. The second kappa shape index (κ2) is 8.29. The molecular formula is C18H20N2O2S4. The molecule has 0 aliphatic carbocycles. The average molecular weight is 425 g/mol. The smallest absolute Gasteiger partial charge is 0.269 e. The Morgan fingerprint density at radius 2 is 2.15 bits per heavy atom. The van der Waals surface area contributed by atoms with Crippen molar-refractivity contribution in [3.63, 3.8) is 0 Å². The van der Waals surface area contributed by atoms with Crippen molar-refractivity contribution < 1.29 is 9.53 Å². The monoisotopic (exact) mass is 424 g/mol. The molecule has 1 unspecified atom stereocenters. The molecule has 1 fully saturated rings. The van der Waals surface area contributed by atoms with E-state index in [2.05, 4.69) is 31.0 Å². The van der Waals surface area contributed by atoms with Crippen molar-refractivity contribution in [2.75, 3.05) is 25.1 Å². The van der Waals surface area contributed by atoms with Gasteiger partial charge >= 0.3 is 0 Å². The van der Waals surface area contributed by atoms with E-state index in [9.17, 15) is 4.79 Å². The Balaban J connectivity index is 2.01. The number of rotatable bonds is 6. The number of ether oxygens (including phenoxy) is 1. The van der Waals surface area contributed by atoms with Gasteiger partial charge in [0, 0.05) is 29.3 Å². The largest absolute Gasteiger partial charge is 0.497 e. The van der Waals surface area contributed by atoms with Crippen LogP contribution >= 0.6 is 48.4 Å². The van der Waals surface area contributed by atoms with E-state index in [1.54, 1.807) is 29.8 Å². The lowest BCUT2D eigenvalue weighted by molar-refractivity contribution is -0.121. The molecule has 8 heteroatoms. The number of anilines is 1. The van der Waals surface area contributed by atoms with Crippen molar-refractivity contribution in [1.29, 1.82) is 0 Å². The maximum absolute atomic E-state index is 12.9. The summed E-state index contributed by atoms with van der Waals surface area (Å²) in [6.07, 6.45) is 2.59. The molecule has 2 heterocycles. The summed E-state index contributed by atoms with van der Waals surface area (Å²) in [5, 5.41) is 1.21. The van der Waals surface area contributed by atoms with E-state index in [1.807, 2.05) is 18.2 Å². The van der Waals surface area contributed by atoms with Gasteiger partial charge in [-0.1, -0.05) is 48.7 Å². The molecule has 0 aromatic heterocycles. The fraction of sp³-hybridized carbons (Fsp3) is 0.333. The van der Waals surface area contributed by atoms with Crippen LogP contribution in [0.15, 0.2) is 45.7 Å². The van der Waals surface area contributed by atoms with E-state index in [-0.39, 0.29) is 11.2 Å². The molecule has 0 saturated carbocycles. The molecule has 3 rings (SSSR count). The molecule has 0 bridgehead atoms. The Morgan fingerprint density at radius 3 is 2.81 bits per heavy atom. The molecule has 138 valence electrons. The lowest BCUT2D eigenvalue weighted by Crippen LogP contribution is -2.29. The Morgan fingerprint density at radius 1 is 1.38 bits per heavy atom. The SMILES string of the molecule is C=CCN1C(=O)/C(=C2\Sc3ccc(OC)cc3N2CCC(C)S)SC1=S. The van der Waals surface area contributed by atoms with Crippen LogP contribution in [0.3, 0.4) is 0 Å². The summed E-state index contributed by atoms with van der Waals surface area (Å²) in [6, 6.07) is 5.99. The highest BCUT2D eigenvalue weighted by Gasteiger charge is 2.38. The van der Waals surface area contributed by atoms with Crippen LogP contribution in [0, 0.1) is 0 Å². The molecule has 2 aliphatic rings. The zero-order valence-corrected chi connectivity index (χ0v) is 17.9. The minimum Gasteiger partial charge on any atom is -0.497 e. The van der Waals surface area contributed by atoms with Crippen LogP contribution in [0.5, 0.6) is 5.75 Å². The summed E-state index contributed by atoms with van der Waals surface area (Å²) in [6.45, 7) is 6.99. The predicted molar refractivity (Wildman–Crippen MR) is 118 cm³/mol. The minimum atomic E-state index is -0.0499. The number of thioether (sulfide) groups is 2. The first-order valence-corrected chi connectivity index (χ1v) is 10.7. The highest BCUT2D eigenvalue weighted by Crippen LogP contribution is 2.51. The maximum Gasteiger partial charge on any atom is 0.269 e. The average Bonchev–Trinajstić information content (AvgIpc) is 3.11. The van der Waals surface area contributed by atoms with Crippen molar-refractivity contribution in [3.8, 4) is 5.75 Å². The van der Waals surface area contributed by atoms with Gasteiger partial charge in [0.05, 0.1) is 12.8 Å². The number of benzene rings is 1. The molecule has 26 heavy (non-hydrogen) atoms. The van der Waals surface area contributed by atoms with Gasteiger partial charge in [0.25, 0.3) is 5.91 Å². The fourth-order valence-electron chi connectivity index (χ4n) is 2.71. The van der Waals surface area contributed by atoms with Crippen molar-refractivity contribution in [2.45, 2.75) is 23.5 Å². The highest BCUT2D eigenvalue weighted by molar-refractivity contribution is 8.27. The van der Waals surface area contributed by atoms with Crippen molar-refractivity contribution in [2.24, 2.45) is 0 Å². The molecule has 0 N–H and O–H groups in total. The molecule has 1 amide bonds. The summed E-state index contributed by atoms with van der Waals surface area (Å²) in [5.74, 6) is 0.750. The topological polar surface area (TPSA) is 32.8 Å². The van der Waals surface area contributed by atoms with E-state index in [1.165, 1.54) is 11.8 Å². The van der Waals surface area contributed by atoms with Gasteiger partial charge in [0.1, 0.15) is 20.0 Å². The van der Waals surface area contributed by atoms with Gasteiger partial charge < -0.3 is 9.64 Å². The zero-order chi connectivity index (χ0) is 18.8. The number of amides is 1. The molecule has 0 spiro atoms. The van der Waals surface area contributed by atoms with Crippen molar-refractivity contribution in [1.82, 2.24) is 4.90 Å². The van der Waals surface area contributed by atoms with Gasteiger partial charge in [-0.3, -0.25) is 9.69 Å². The van der Waals surface area contributed by atoms with E-state index in [4.69, 9.17) is 17.0 Å². The van der Waals surface area contributed by atoms with Crippen LogP contribution in [-0.4, -0.2) is 40.6 Å². The van der Waals surface area contributed by atoms with Gasteiger partial charge in [-0.2, -0.15) is 12.6 Å². The molecule has 2 aliphatic heterocycles. The number of thiol groups is 1. The van der Waals surface area contributed by atoms with Crippen LogP contribution in [0.25, 0.3) is 0 Å². The highest BCUT2D eigenvalue weighted by atomic mass is 32.2. The van der Waals surface area contributed by atoms with Crippen LogP contribution in [-0.2, 0) is 4.79 Å². The Labute approximate surface area is 173 Å². The van der Waals surface area contributed by atoms with Gasteiger partial charge in [-0.25, -0.2) is 0 Å². The van der Waals surface area contributed by atoms with Gasteiger partial charge in [0.2, 0.25) is 0 Å². The van der Waals surface area contributed by atoms with Crippen molar-refractivity contribution in [3.05, 3.63) is 40.8 Å². The summed E-state index contributed by atoms with van der Waals surface area (Å²) in [5.41, 5.74) is 1.06. The first kappa shape index (κ1) is 19.7. The lowest BCUT2D eigenvalue weighted by Gasteiger charge is -2.22. The fourth-order valence-corrected chi connectivity index (χ4v) is 5.42. The van der Waals surface area contributed by atoms with E-state index in [0.717, 1.165) is 34.3 Å². The number of carbonyl (C=O) groups is 1. The third-order valence-corrected chi connectivity index (χ3v) is 7.04. The predicted octanol–water partition coefficient (Wildman–Crippen LogP) is 4.53. The minimum absolute atomic E-state index is 0.0499. The second-order valence-corrected chi connectivity index (χ2v) is 9.49. The first-order chi connectivity index (χ1) is 12.5. The van der Waals surface area contributed by atoms with E-state index >= 15 is 0 Å². The molecule has 4 nitrogen and oxygen atoms in total. The Bertz CT molecular complexity index is 791. The van der Waals surface area contributed by atoms with Gasteiger partial charge in [-0.15, -0.1) is 6.58 Å². The van der Waals surface area contributed by atoms with E-state index < -0.39 is 0 Å². The normalized spacial score (nSPS) is 20.6. The first-order valence-electron chi connectivity index (χ1n) is 8.16. The summed E-state index contributed by atoms with van der Waals surface area (Å²) >= 11 is 12.9. The number of hydrogen-bond acceptors (Lipinski definition) is 7. The number of thiocarbonyl (C=S) groups is 1. The molecule has 0 radical (unpaired) electrons. The maximum atomic E-state index is 12.9. The number of hydrogen-bond donors (Lipinski definition) is 1. The van der Waals surface area contributed by atoms with Crippen molar-refractivity contribution >= 4 is 64.3 Å². The van der Waals surface area contributed by atoms with Crippen LogP contribution in [0.1, 0.15) is 13.3 Å².